The Hall–Kier alpha value is -4.17. The highest BCUT2D eigenvalue weighted by molar-refractivity contribution is 7.99. The van der Waals surface area contributed by atoms with Crippen LogP contribution in [0.25, 0.3) is 5.69 Å². The first-order valence-electron chi connectivity index (χ1n) is 10.5. The number of anilines is 2. The fraction of sp³-hybridized carbons (Fsp3) is 0.0769. The summed E-state index contributed by atoms with van der Waals surface area (Å²) in [7, 11) is 0. The molecule has 0 radical (unpaired) electrons. The van der Waals surface area contributed by atoms with Gasteiger partial charge in [-0.1, -0.05) is 29.5 Å². The maximum absolute atomic E-state index is 12.6. The molecular weight excluding hydrogens is 448 g/mol. The molecule has 7 nitrogen and oxygen atoms in total. The SMILES string of the molecule is CC(=O)Nc1ccc(NC(=O)c2ccc(-n3nc(Sc4ccc(C)cc4)ccc3=O)cc2)cc1. The smallest absolute Gasteiger partial charge is 0.271 e. The highest BCUT2D eigenvalue weighted by atomic mass is 32.2. The van der Waals surface area contributed by atoms with E-state index in [-0.39, 0.29) is 17.4 Å². The molecule has 4 rings (SSSR count). The molecule has 4 aromatic rings. The van der Waals surface area contributed by atoms with Crippen molar-refractivity contribution in [1.29, 1.82) is 0 Å². The Morgan fingerprint density at radius 3 is 2.03 bits per heavy atom. The van der Waals surface area contributed by atoms with Crippen molar-refractivity contribution in [3.05, 3.63) is 106 Å². The third-order valence-electron chi connectivity index (χ3n) is 4.86. The molecule has 0 bridgehead atoms. The summed E-state index contributed by atoms with van der Waals surface area (Å²) in [4.78, 5) is 37.2. The van der Waals surface area contributed by atoms with Crippen LogP contribution in [0.5, 0.6) is 0 Å². The Kier molecular flexibility index (Phi) is 6.89. The molecule has 0 aliphatic rings. The number of nitrogens with one attached hydrogen (secondary N) is 2. The van der Waals surface area contributed by atoms with Gasteiger partial charge in [0.25, 0.3) is 11.5 Å². The van der Waals surface area contributed by atoms with E-state index in [9.17, 15) is 14.4 Å². The van der Waals surface area contributed by atoms with Gasteiger partial charge in [0.15, 0.2) is 0 Å². The Labute approximate surface area is 200 Å². The zero-order chi connectivity index (χ0) is 24.1. The number of hydrogen-bond donors (Lipinski definition) is 2. The molecule has 0 atom stereocenters. The van der Waals surface area contributed by atoms with Gasteiger partial charge in [0, 0.05) is 34.8 Å². The lowest BCUT2D eigenvalue weighted by Crippen LogP contribution is -2.20. The minimum absolute atomic E-state index is 0.162. The second kappa shape index (κ2) is 10.2. The molecule has 2 N–H and O–H groups in total. The number of aromatic nitrogens is 2. The zero-order valence-electron chi connectivity index (χ0n) is 18.6. The van der Waals surface area contributed by atoms with Crippen LogP contribution in [0.2, 0.25) is 0 Å². The van der Waals surface area contributed by atoms with Crippen molar-refractivity contribution in [3.63, 3.8) is 0 Å². The lowest BCUT2D eigenvalue weighted by Gasteiger charge is -2.09. The molecule has 1 heterocycles. The van der Waals surface area contributed by atoms with Crippen molar-refractivity contribution in [2.75, 3.05) is 10.6 Å². The van der Waals surface area contributed by atoms with Crippen LogP contribution >= 0.6 is 11.8 Å². The number of nitrogens with zero attached hydrogens (tertiary/aromatic N) is 2. The average Bonchev–Trinajstić information content (AvgIpc) is 2.83. The number of carbonyl (C=O) groups excluding carboxylic acids is 2. The molecule has 0 unspecified atom stereocenters. The Balaban J connectivity index is 1.47. The second-order valence-corrected chi connectivity index (χ2v) is 8.69. The van der Waals surface area contributed by atoms with Gasteiger partial charge in [-0.25, -0.2) is 0 Å². The van der Waals surface area contributed by atoms with Crippen LogP contribution in [0, 0.1) is 6.92 Å². The molecule has 34 heavy (non-hydrogen) atoms. The fourth-order valence-corrected chi connectivity index (χ4v) is 3.93. The van der Waals surface area contributed by atoms with Crippen molar-refractivity contribution in [3.8, 4) is 5.69 Å². The summed E-state index contributed by atoms with van der Waals surface area (Å²) in [6.07, 6.45) is 0. The fourth-order valence-electron chi connectivity index (χ4n) is 3.16. The van der Waals surface area contributed by atoms with Gasteiger partial charge in [0.2, 0.25) is 5.91 Å². The van der Waals surface area contributed by atoms with Crippen LogP contribution in [0.4, 0.5) is 11.4 Å². The van der Waals surface area contributed by atoms with Crippen molar-refractivity contribution >= 4 is 35.0 Å². The van der Waals surface area contributed by atoms with Gasteiger partial charge < -0.3 is 10.6 Å². The molecule has 2 amide bonds. The van der Waals surface area contributed by atoms with E-state index in [4.69, 9.17) is 0 Å². The Bertz CT molecular complexity index is 1380. The number of benzene rings is 3. The largest absolute Gasteiger partial charge is 0.326 e. The normalized spacial score (nSPS) is 10.5. The zero-order valence-corrected chi connectivity index (χ0v) is 19.4. The standard InChI is InChI=1S/C26H22N4O3S/c1-17-3-13-23(14-4-17)34-24-15-16-25(32)30(29-24)22-11-5-19(6-12-22)26(33)28-21-9-7-20(8-10-21)27-18(2)31/h3-16H,1-2H3,(H,27,31)(H,28,33). The topological polar surface area (TPSA) is 93.1 Å². The van der Waals surface area contributed by atoms with E-state index in [1.807, 2.05) is 31.2 Å². The summed E-state index contributed by atoms with van der Waals surface area (Å²) >= 11 is 1.47. The van der Waals surface area contributed by atoms with E-state index < -0.39 is 0 Å². The molecule has 0 spiro atoms. The number of amides is 2. The van der Waals surface area contributed by atoms with Gasteiger partial charge in [-0.3, -0.25) is 14.4 Å². The summed E-state index contributed by atoms with van der Waals surface area (Å²) in [5.74, 6) is -0.451. The van der Waals surface area contributed by atoms with Gasteiger partial charge >= 0.3 is 0 Å². The highest BCUT2D eigenvalue weighted by Crippen LogP contribution is 2.25. The van der Waals surface area contributed by atoms with Gasteiger partial charge in [0.05, 0.1) is 5.69 Å². The Morgan fingerprint density at radius 2 is 1.41 bits per heavy atom. The molecular formula is C26H22N4O3S. The molecule has 0 fully saturated rings. The molecule has 8 heteroatoms. The number of aryl methyl sites for hydroxylation is 1. The lowest BCUT2D eigenvalue weighted by molar-refractivity contribution is -0.114. The predicted octanol–water partition coefficient (Wildman–Crippen LogP) is 4.90. The predicted molar refractivity (Wildman–Crippen MR) is 134 cm³/mol. The first-order chi connectivity index (χ1) is 16.4. The quantitative estimate of drug-likeness (QED) is 0.418. The molecule has 170 valence electrons. The van der Waals surface area contributed by atoms with Crippen LogP contribution in [-0.4, -0.2) is 21.6 Å². The van der Waals surface area contributed by atoms with Crippen molar-refractivity contribution in [2.24, 2.45) is 0 Å². The van der Waals surface area contributed by atoms with Crippen molar-refractivity contribution in [2.45, 2.75) is 23.8 Å². The molecule has 0 saturated heterocycles. The van der Waals surface area contributed by atoms with Crippen molar-refractivity contribution < 1.29 is 9.59 Å². The highest BCUT2D eigenvalue weighted by Gasteiger charge is 2.09. The van der Waals surface area contributed by atoms with Crippen LogP contribution in [0.1, 0.15) is 22.8 Å². The number of rotatable bonds is 6. The summed E-state index contributed by atoms with van der Waals surface area (Å²) in [6, 6.07) is 24.7. The third-order valence-corrected chi connectivity index (χ3v) is 5.79. The minimum Gasteiger partial charge on any atom is -0.326 e. The van der Waals surface area contributed by atoms with Gasteiger partial charge in [-0.05, 0) is 73.7 Å². The number of hydrogen-bond acceptors (Lipinski definition) is 5. The van der Waals surface area contributed by atoms with E-state index in [2.05, 4.69) is 15.7 Å². The third kappa shape index (κ3) is 5.79. The molecule has 1 aromatic heterocycles. The van der Waals surface area contributed by atoms with Crippen molar-refractivity contribution in [1.82, 2.24) is 9.78 Å². The summed E-state index contributed by atoms with van der Waals surface area (Å²) in [5.41, 5.74) is 3.16. The van der Waals surface area contributed by atoms with E-state index in [0.717, 1.165) is 4.90 Å². The monoisotopic (exact) mass is 470 g/mol. The van der Waals surface area contributed by atoms with Crippen LogP contribution in [0.15, 0.2) is 99.6 Å². The van der Waals surface area contributed by atoms with E-state index in [0.29, 0.717) is 27.7 Å². The minimum atomic E-state index is -0.289. The summed E-state index contributed by atoms with van der Waals surface area (Å²) < 4.78 is 1.32. The average molecular weight is 471 g/mol. The van der Waals surface area contributed by atoms with E-state index in [1.165, 1.54) is 35.0 Å². The molecule has 3 aromatic carbocycles. The van der Waals surface area contributed by atoms with Crippen LogP contribution in [-0.2, 0) is 4.79 Å². The number of carbonyl (C=O) groups is 2. The molecule has 0 aliphatic carbocycles. The molecule has 0 aliphatic heterocycles. The van der Waals surface area contributed by atoms with E-state index >= 15 is 0 Å². The van der Waals surface area contributed by atoms with Crippen LogP contribution in [0.3, 0.4) is 0 Å². The summed E-state index contributed by atoms with van der Waals surface area (Å²) in [5, 5.41) is 10.6. The second-order valence-electron chi connectivity index (χ2n) is 7.60. The van der Waals surface area contributed by atoms with Gasteiger partial charge in [0.1, 0.15) is 5.03 Å². The molecule has 0 saturated carbocycles. The summed E-state index contributed by atoms with van der Waals surface area (Å²) in [6.45, 7) is 3.46. The lowest BCUT2D eigenvalue weighted by atomic mass is 10.2. The van der Waals surface area contributed by atoms with Crippen LogP contribution < -0.4 is 16.2 Å². The maximum Gasteiger partial charge on any atom is 0.271 e. The Morgan fingerprint density at radius 1 is 0.794 bits per heavy atom. The van der Waals surface area contributed by atoms with Gasteiger partial charge in [-0.15, -0.1) is 0 Å². The maximum atomic E-state index is 12.6. The first kappa shape index (κ1) is 23.0. The first-order valence-corrected chi connectivity index (χ1v) is 11.3. The van der Waals surface area contributed by atoms with Gasteiger partial charge in [-0.2, -0.15) is 9.78 Å². The van der Waals surface area contributed by atoms with E-state index in [1.54, 1.807) is 54.6 Å².